The molecular weight excluding hydrogens is 400 g/mol. The van der Waals surface area contributed by atoms with Crippen molar-refractivity contribution in [3.8, 4) is 34.8 Å². The predicted molar refractivity (Wildman–Crippen MR) is 101 cm³/mol. The second kappa shape index (κ2) is 8.24. The summed E-state index contributed by atoms with van der Waals surface area (Å²) in [4.78, 5) is 14.4. The number of ether oxygens (including phenoxy) is 2. The number of halogens is 1. The highest BCUT2D eigenvalue weighted by Crippen LogP contribution is 2.41. The van der Waals surface area contributed by atoms with Crippen molar-refractivity contribution in [3.63, 3.8) is 0 Å². The Hall–Kier alpha value is -3.23. The van der Waals surface area contributed by atoms with E-state index >= 15 is 0 Å². The van der Waals surface area contributed by atoms with Gasteiger partial charge in [-0.2, -0.15) is 10.5 Å². The fraction of sp³-hybridized carbons (Fsp3) is 0.167. The van der Waals surface area contributed by atoms with Gasteiger partial charge in [0.05, 0.1) is 11.1 Å². The molecule has 1 heterocycles. The number of hydrogen-bond acceptors (Lipinski definition) is 6. The van der Waals surface area contributed by atoms with E-state index in [-0.39, 0.29) is 29.1 Å². The number of nitrogens with one attached hydrogen (secondary N) is 1. The average Bonchev–Trinajstić information content (AvgIpc) is 2.60. The van der Waals surface area contributed by atoms with Gasteiger partial charge in [-0.25, -0.2) is 0 Å². The van der Waals surface area contributed by atoms with Crippen molar-refractivity contribution in [1.29, 1.82) is 10.5 Å². The largest absolute Gasteiger partial charge is 0.490 e. The van der Waals surface area contributed by atoms with Crippen molar-refractivity contribution in [1.82, 2.24) is 4.98 Å². The fourth-order valence-corrected chi connectivity index (χ4v) is 2.95. The standard InChI is InChI=1S/C18H15BrN4O3/c1-3-5-26-16-13(19)6-10(7-14(16)25-4-2)15-11(8-20)17(22)23-18(24)12(15)9-21/h3,6-7H,1,4-5H2,2H3,(H3,22,23,24). The molecule has 8 heteroatoms. The van der Waals surface area contributed by atoms with Crippen molar-refractivity contribution < 1.29 is 9.47 Å². The van der Waals surface area contributed by atoms with E-state index in [4.69, 9.17) is 15.2 Å². The monoisotopic (exact) mass is 414 g/mol. The van der Waals surface area contributed by atoms with Crippen LogP contribution in [-0.2, 0) is 0 Å². The number of H-pyrrole nitrogens is 1. The summed E-state index contributed by atoms with van der Waals surface area (Å²) in [7, 11) is 0. The highest BCUT2D eigenvalue weighted by Gasteiger charge is 2.21. The summed E-state index contributed by atoms with van der Waals surface area (Å²) in [5, 5.41) is 18.8. The molecule has 0 aliphatic rings. The molecule has 0 spiro atoms. The third-order valence-electron chi connectivity index (χ3n) is 3.41. The molecule has 2 aromatic rings. The Kier molecular flexibility index (Phi) is 6.05. The van der Waals surface area contributed by atoms with Crippen molar-refractivity contribution in [2.75, 3.05) is 18.9 Å². The zero-order valence-corrected chi connectivity index (χ0v) is 15.5. The van der Waals surface area contributed by atoms with Crippen LogP contribution in [0.25, 0.3) is 11.1 Å². The first-order chi connectivity index (χ1) is 12.5. The molecule has 0 aliphatic carbocycles. The summed E-state index contributed by atoms with van der Waals surface area (Å²) in [6.07, 6.45) is 1.59. The van der Waals surface area contributed by atoms with E-state index in [1.807, 2.05) is 19.1 Å². The Bertz CT molecular complexity index is 999. The Morgan fingerprint density at radius 3 is 2.58 bits per heavy atom. The number of nitriles is 2. The van der Waals surface area contributed by atoms with Gasteiger partial charge < -0.3 is 20.2 Å². The molecular formula is C18H15BrN4O3. The average molecular weight is 415 g/mol. The maximum Gasteiger partial charge on any atom is 0.268 e. The van der Waals surface area contributed by atoms with Gasteiger partial charge in [-0.15, -0.1) is 0 Å². The molecule has 0 saturated heterocycles. The number of rotatable bonds is 6. The Labute approximate surface area is 158 Å². The van der Waals surface area contributed by atoms with Gasteiger partial charge in [-0.05, 0) is 40.5 Å². The molecule has 0 aliphatic heterocycles. The van der Waals surface area contributed by atoms with Crippen LogP contribution in [0.2, 0.25) is 0 Å². The highest BCUT2D eigenvalue weighted by atomic mass is 79.9. The molecule has 0 atom stereocenters. The van der Waals surface area contributed by atoms with Crippen LogP contribution in [0.4, 0.5) is 5.82 Å². The van der Waals surface area contributed by atoms with Crippen LogP contribution in [0.1, 0.15) is 18.1 Å². The van der Waals surface area contributed by atoms with Gasteiger partial charge >= 0.3 is 0 Å². The second-order valence-corrected chi connectivity index (χ2v) is 5.89. The van der Waals surface area contributed by atoms with E-state index in [9.17, 15) is 15.3 Å². The fourth-order valence-electron chi connectivity index (χ4n) is 2.39. The number of nitrogen functional groups attached to an aromatic ring is 1. The first-order valence-corrected chi connectivity index (χ1v) is 8.34. The second-order valence-electron chi connectivity index (χ2n) is 5.03. The maximum atomic E-state index is 12.1. The highest BCUT2D eigenvalue weighted by molar-refractivity contribution is 9.10. The smallest absolute Gasteiger partial charge is 0.268 e. The third-order valence-corrected chi connectivity index (χ3v) is 4.00. The first kappa shape index (κ1) is 19.1. The van der Waals surface area contributed by atoms with Gasteiger partial charge in [0, 0.05) is 5.56 Å². The van der Waals surface area contributed by atoms with Crippen molar-refractivity contribution >= 4 is 21.7 Å². The lowest BCUT2D eigenvalue weighted by Gasteiger charge is -2.16. The summed E-state index contributed by atoms with van der Waals surface area (Å²) < 4.78 is 11.8. The van der Waals surface area contributed by atoms with Gasteiger partial charge in [0.15, 0.2) is 11.5 Å². The number of nitrogens with two attached hydrogens (primary N) is 1. The molecule has 0 saturated carbocycles. The zero-order valence-electron chi connectivity index (χ0n) is 13.9. The summed E-state index contributed by atoms with van der Waals surface area (Å²) >= 11 is 3.40. The van der Waals surface area contributed by atoms with Gasteiger partial charge in [0.2, 0.25) is 0 Å². The number of pyridine rings is 1. The summed E-state index contributed by atoms with van der Waals surface area (Å²) in [6, 6.07) is 7.01. The molecule has 2 rings (SSSR count). The molecule has 7 nitrogen and oxygen atoms in total. The summed E-state index contributed by atoms with van der Waals surface area (Å²) in [6.45, 7) is 6.05. The van der Waals surface area contributed by atoms with Gasteiger partial charge in [0.1, 0.15) is 35.7 Å². The normalized spacial score (nSPS) is 9.85. The molecule has 0 radical (unpaired) electrons. The maximum absolute atomic E-state index is 12.1. The molecule has 0 fully saturated rings. The lowest BCUT2D eigenvalue weighted by molar-refractivity contribution is 0.295. The third kappa shape index (κ3) is 3.56. The molecule has 0 unspecified atom stereocenters. The van der Waals surface area contributed by atoms with Gasteiger partial charge in [0.25, 0.3) is 5.56 Å². The van der Waals surface area contributed by atoms with E-state index in [1.54, 1.807) is 18.2 Å². The van der Waals surface area contributed by atoms with Crippen LogP contribution in [0.5, 0.6) is 11.5 Å². The van der Waals surface area contributed by atoms with Crippen LogP contribution in [0.15, 0.2) is 34.1 Å². The van der Waals surface area contributed by atoms with E-state index in [1.165, 1.54) is 0 Å². The number of aromatic nitrogens is 1. The number of nitrogens with zero attached hydrogens (tertiary/aromatic N) is 2. The lowest BCUT2D eigenvalue weighted by Crippen LogP contribution is -2.16. The molecule has 1 aromatic heterocycles. The van der Waals surface area contributed by atoms with Crippen LogP contribution in [0, 0.1) is 22.7 Å². The van der Waals surface area contributed by atoms with Crippen molar-refractivity contribution in [2.24, 2.45) is 0 Å². The Balaban J connectivity index is 2.82. The van der Waals surface area contributed by atoms with Gasteiger partial charge in [-0.3, -0.25) is 4.79 Å². The number of anilines is 1. The van der Waals surface area contributed by atoms with Crippen LogP contribution in [-0.4, -0.2) is 18.2 Å². The van der Waals surface area contributed by atoms with E-state index < -0.39 is 5.56 Å². The van der Waals surface area contributed by atoms with Crippen molar-refractivity contribution in [2.45, 2.75) is 6.92 Å². The number of hydrogen-bond donors (Lipinski definition) is 2. The van der Waals surface area contributed by atoms with Gasteiger partial charge in [-0.1, -0.05) is 12.7 Å². The number of aromatic amines is 1. The number of benzene rings is 1. The minimum Gasteiger partial charge on any atom is -0.490 e. The van der Waals surface area contributed by atoms with Crippen LogP contribution >= 0.6 is 15.9 Å². The summed E-state index contributed by atoms with van der Waals surface area (Å²) in [5.74, 6) is 0.739. The molecule has 3 N–H and O–H groups in total. The van der Waals surface area contributed by atoms with Crippen LogP contribution < -0.4 is 20.8 Å². The van der Waals surface area contributed by atoms with Crippen molar-refractivity contribution in [3.05, 3.63) is 50.7 Å². The Morgan fingerprint density at radius 1 is 1.31 bits per heavy atom. The lowest BCUT2D eigenvalue weighted by atomic mass is 9.96. The van der Waals surface area contributed by atoms with E-state index in [2.05, 4.69) is 27.5 Å². The quantitative estimate of drug-likeness (QED) is 0.699. The summed E-state index contributed by atoms with van der Waals surface area (Å²) in [5.41, 5.74) is 5.47. The first-order valence-electron chi connectivity index (χ1n) is 7.54. The topological polar surface area (TPSA) is 125 Å². The molecule has 26 heavy (non-hydrogen) atoms. The Morgan fingerprint density at radius 2 is 2.00 bits per heavy atom. The minimum absolute atomic E-state index is 0.00950. The van der Waals surface area contributed by atoms with E-state index in [0.717, 1.165) is 0 Å². The van der Waals surface area contributed by atoms with Crippen LogP contribution in [0.3, 0.4) is 0 Å². The molecule has 0 amide bonds. The zero-order chi connectivity index (χ0) is 19.3. The van der Waals surface area contributed by atoms with E-state index in [0.29, 0.717) is 28.1 Å². The SMILES string of the molecule is C=CCOc1c(Br)cc(-c2c(C#N)c(N)[nH]c(=O)c2C#N)cc1OCC. The minimum atomic E-state index is -0.667. The predicted octanol–water partition coefficient (Wildman–Crippen LogP) is 3.09. The molecule has 0 bridgehead atoms. The molecule has 1 aromatic carbocycles. The molecule has 132 valence electrons.